The van der Waals surface area contributed by atoms with Crippen molar-refractivity contribution >= 4 is 33.9 Å². The first-order chi connectivity index (χ1) is 22.9. The first-order valence-corrected chi connectivity index (χ1v) is 16.4. The normalized spacial score (nSPS) is 21.0. The Balaban J connectivity index is 1.35. The summed E-state index contributed by atoms with van der Waals surface area (Å²) in [5, 5.41) is 4.32. The molecule has 248 valence electrons. The molecule has 1 amide bonds. The number of aryl methyl sites for hydroxylation is 1. The average molecular weight is 649 g/mol. The minimum absolute atomic E-state index is 0.00164. The molecule has 12 heteroatoms. The zero-order valence-corrected chi connectivity index (χ0v) is 26.5. The van der Waals surface area contributed by atoms with Crippen LogP contribution in [0, 0.1) is 11.6 Å². The van der Waals surface area contributed by atoms with Gasteiger partial charge in [0, 0.05) is 44.5 Å². The Bertz CT molecular complexity index is 1780. The van der Waals surface area contributed by atoms with Crippen molar-refractivity contribution in [1.82, 2.24) is 25.2 Å². The van der Waals surface area contributed by atoms with E-state index < -0.39 is 18.0 Å². The molecule has 0 aliphatic carbocycles. The number of carbonyl (C=O) groups excluding carboxylic acids is 1. The van der Waals surface area contributed by atoms with Gasteiger partial charge in [-0.3, -0.25) is 14.7 Å². The van der Waals surface area contributed by atoms with Gasteiger partial charge in [-0.15, -0.1) is 0 Å². The molecule has 4 aromatic rings. The molecule has 0 spiro atoms. The number of carbonyl (C=O) groups is 1. The number of anilines is 1. The lowest BCUT2D eigenvalue weighted by atomic mass is 9.94. The first-order valence-electron chi connectivity index (χ1n) is 16.4. The first kappa shape index (κ1) is 31.6. The Morgan fingerprint density at radius 1 is 1.11 bits per heavy atom. The number of nitrogens with one attached hydrogen (secondary N) is 1. The number of alkyl halides is 1. The highest BCUT2D eigenvalue weighted by Gasteiger charge is 2.45. The zero-order valence-electron chi connectivity index (χ0n) is 26.5. The molecule has 1 N–H and O–H groups in total. The number of amides is 1. The van der Waals surface area contributed by atoms with Crippen molar-refractivity contribution in [2.45, 2.75) is 62.7 Å². The Hall–Kier alpha value is -4.03. The molecule has 0 radical (unpaired) electrons. The molecule has 0 saturated carbocycles. The summed E-state index contributed by atoms with van der Waals surface area (Å²) in [4.78, 5) is 29.2. The van der Waals surface area contributed by atoms with Gasteiger partial charge in [-0.1, -0.05) is 24.3 Å². The molecule has 3 aliphatic heterocycles. The lowest BCUT2D eigenvalue weighted by Crippen LogP contribution is -2.50. The van der Waals surface area contributed by atoms with E-state index in [-0.39, 0.29) is 48.1 Å². The van der Waals surface area contributed by atoms with Gasteiger partial charge in [0.25, 0.3) is 0 Å². The van der Waals surface area contributed by atoms with Crippen LogP contribution in [0.25, 0.3) is 32.9 Å². The van der Waals surface area contributed by atoms with Crippen molar-refractivity contribution in [2.24, 2.45) is 0 Å². The highest BCUT2D eigenvalue weighted by molar-refractivity contribution is 6.01. The Kier molecular flexibility index (Phi) is 8.89. The zero-order chi connectivity index (χ0) is 32.5. The second kappa shape index (κ2) is 13.2. The number of methoxy groups -OCH3 is 1. The topological polar surface area (TPSA) is 92.7 Å². The molecule has 2 unspecified atom stereocenters. The molecule has 7 rings (SSSR count). The van der Waals surface area contributed by atoms with Gasteiger partial charge in [-0.25, -0.2) is 13.2 Å². The number of benzene rings is 2. The van der Waals surface area contributed by atoms with Crippen molar-refractivity contribution in [3.63, 3.8) is 0 Å². The predicted molar refractivity (Wildman–Crippen MR) is 173 cm³/mol. The lowest BCUT2D eigenvalue weighted by Gasteiger charge is -2.36. The molecule has 2 aromatic heterocycles. The fourth-order valence-electron chi connectivity index (χ4n) is 7.87. The number of nitrogens with zero attached hydrogens (tertiary/aromatic N) is 5. The van der Waals surface area contributed by atoms with Gasteiger partial charge in [-0.2, -0.15) is 9.97 Å². The smallest absolute Gasteiger partial charge is 0.319 e. The van der Waals surface area contributed by atoms with Crippen LogP contribution in [0.3, 0.4) is 0 Å². The van der Waals surface area contributed by atoms with E-state index in [1.54, 1.807) is 30.2 Å². The van der Waals surface area contributed by atoms with Crippen LogP contribution in [0.1, 0.15) is 44.1 Å². The number of aromatic nitrogens is 3. The van der Waals surface area contributed by atoms with E-state index in [0.29, 0.717) is 60.2 Å². The number of hydrogen-bond donors (Lipinski definition) is 1. The van der Waals surface area contributed by atoms with Crippen molar-refractivity contribution in [1.29, 1.82) is 0 Å². The Labute approximate surface area is 271 Å². The van der Waals surface area contributed by atoms with Crippen LogP contribution in [0.4, 0.5) is 19.0 Å². The maximum Gasteiger partial charge on any atom is 0.319 e. The van der Waals surface area contributed by atoms with Crippen molar-refractivity contribution < 1.29 is 27.4 Å². The van der Waals surface area contributed by atoms with E-state index in [1.807, 2.05) is 6.07 Å². The summed E-state index contributed by atoms with van der Waals surface area (Å²) in [5.41, 5.74) is 0.825. The summed E-state index contributed by atoms with van der Waals surface area (Å²) in [5.74, 6) is -0.785. The summed E-state index contributed by atoms with van der Waals surface area (Å²) >= 11 is 0. The van der Waals surface area contributed by atoms with Crippen molar-refractivity contribution in [3.8, 4) is 17.3 Å². The third-order valence-electron chi connectivity index (χ3n) is 10.1. The number of piperidine rings is 1. The van der Waals surface area contributed by atoms with Gasteiger partial charge in [0.15, 0.2) is 5.82 Å². The molecule has 2 aromatic carbocycles. The molecule has 47 heavy (non-hydrogen) atoms. The standard InChI is InChI=1S/C35H39F3N6O3/c1-46-15-3-8-25-28(37)10-9-22-6-2-7-26(29(22)25)31-30(38)32-27(17-39-31)33(43-18-23(36)16-24(19-43)40-21-45)42-34(41-32)47-20-35-11-4-13-44(35)14-5-12-35/h2,6-7,9-10,17,21,23-24H,3-5,8,11-16,18-20H2,1H3,(H,40,45). The van der Waals surface area contributed by atoms with Crippen LogP contribution in [-0.2, 0) is 16.0 Å². The van der Waals surface area contributed by atoms with Crippen LogP contribution in [0.5, 0.6) is 6.01 Å². The minimum Gasteiger partial charge on any atom is -0.461 e. The van der Waals surface area contributed by atoms with Crippen LogP contribution < -0.4 is 15.0 Å². The van der Waals surface area contributed by atoms with E-state index in [1.165, 1.54) is 12.3 Å². The summed E-state index contributed by atoms with van der Waals surface area (Å²) in [6.45, 7) is 3.16. The van der Waals surface area contributed by atoms with E-state index in [0.717, 1.165) is 44.2 Å². The fourth-order valence-corrected chi connectivity index (χ4v) is 7.87. The van der Waals surface area contributed by atoms with E-state index in [2.05, 4.69) is 20.2 Å². The minimum atomic E-state index is -1.24. The molecule has 3 saturated heterocycles. The average Bonchev–Trinajstić information content (AvgIpc) is 3.65. The SMILES string of the molecule is COCCCc1c(F)ccc2cccc(-c3ncc4c(N5CC(F)CC(NC=O)C5)nc(OCC56CCCN5CCC6)nc4c3F)c12. The van der Waals surface area contributed by atoms with Crippen LogP contribution in [0.15, 0.2) is 36.5 Å². The molecule has 5 heterocycles. The number of pyridine rings is 1. The Morgan fingerprint density at radius 3 is 2.72 bits per heavy atom. The lowest BCUT2D eigenvalue weighted by molar-refractivity contribution is -0.110. The van der Waals surface area contributed by atoms with E-state index >= 15 is 8.78 Å². The van der Waals surface area contributed by atoms with Crippen LogP contribution in [-0.4, -0.2) is 90.5 Å². The maximum absolute atomic E-state index is 16.9. The van der Waals surface area contributed by atoms with Gasteiger partial charge >= 0.3 is 6.01 Å². The highest BCUT2D eigenvalue weighted by Crippen LogP contribution is 2.40. The van der Waals surface area contributed by atoms with Crippen molar-refractivity contribution in [3.05, 3.63) is 53.7 Å². The molecular weight excluding hydrogens is 609 g/mol. The number of hydrogen-bond acceptors (Lipinski definition) is 8. The second-order valence-electron chi connectivity index (χ2n) is 13.0. The number of ether oxygens (including phenoxy) is 2. The summed E-state index contributed by atoms with van der Waals surface area (Å²) in [6, 6.07) is 8.06. The molecule has 3 fully saturated rings. The van der Waals surface area contributed by atoms with E-state index in [9.17, 15) is 9.18 Å². The van der Waals surface area contributed by atoms with Gasteiger partial charge in [0.05, 0.1) is 17.5 Å². The summed E-state index contributed by atoms with van der Waals surface area (Å²) in [7, 11) is 1.60. The largest absolute Gasteiger partial charge is 0.461 e. The van der Waals surface area contributed by atoms with Gasteiger partial charge in [0.2, 0.25) is 6.41 Å². The highest BCUT2D eigenvalue weighted by atomic mass is 19.1. The third-order valence-corrected chi connectivity index (χ3v) is 10.1. The quantitative estimate of drug-likeness (QED) is 0.172. The third kappa shape index (κ3) is 5.97. The van der Waals surface area contributed by atoms with Crippen LogP contribution in [0.2, 0.25) is 0 Å². The van der Waals surface area contributed by atoms with E-state index in [4.69, 9.17) is 14.5 Å². The maximum atomic E-state index is 16.9. The number of rotatable bonds is 11. The predicted octanol–water partition coefficient (Wildman–Crippen LogP) is 5.37. The molecule has 3 aliphatic rings. The summed E-state index contributed by atoms with van der Waals surface area (Å²) < 4.78 is 58.6. The molecule has 2 atom stereocenters. The number of fused-ring (bicyclic) bond motifs is 3. The monoisotopic (exact) mass is 648 g/mol. The van der Waals surface area contributed by atoms with Gasteiger partial charge < -0.3 is 19.7 Å². The van der Waals surface area contributed by atoms with Gasteiger partial charge in [-0.05, 0) is 74.0 Å². The molecule has 0 bridgehead atoms. The summed E-state index contributed by atoms with van der Waals surface area (Å²) in [6.07, 6.45) is 6.18. The Morgan fingerprint density at radius 2 is 1.94 bits per heavy atom. The molecule has 9 nitrogen and oxygen atoms in total. The van der Waals surface area contributed by atoms with Crippen LogP contribution >= 0.6 is 0 Å². The molecular formula is C35H39F3N6O3. The van der Waals surface area contributed by atoms with Gasteiger partial charge in [0.1, 0.15) is 35.6 Å². The number of halogens is 3. The van der Waals surface area contributed by atoms with Crippen molar-refractivity contribution in [2.75, 3.05) is 51.4 Å². The second-order valence-corrected chi connectivity index (χ2v) is 13.0. The fraction of sp³-hybridized carbons (Fsp3) is 0.486.